The molecule has 0 bridgehead atoms. The van der Waals surface area contributed by atoms with Gasteiger partial charge in [0.1, 0.15) is 0 Å². The first-order chi connectivity index (χ1) is 25.8. The third-order valence-electron chi connectivity index (χ3n) is 10.3. The Balaban J connectivity index is 1.22. The van der Waals surface area contributed by atoms with E-state index in [1.807, 2.05) is 12.3 Å². The summed E-state index contributed by atoms with van der Waals surface area (Å²) < 4.78 is 1.24. The smallest absolute Gasteiger partial charge is 0.160 e. The van der Waals surface area contributed by atoms with Crippen LogP contribution in [0.15, 0.2) is 188 Å². The highest BCUT2D eigenvalue weighted by molar-refractivity contribution is 7.22. The highest BCUT2D eigenvalue weighted by atomic mass is 32.1. The molecule has 244 valence electrons. The number of pyridine rings is 1. The van der Waals surface area contributed by atoms with Crippen molar-refractivity contribution in [1.29, 1.82) is 0 Å². The minimum atomic E-state index is -0.489. The summed E-state index contributed by atoms with van der Waals surface area (Å²) in [5, 5.41) is 1.22. The van der Waals surface area contributed by atoms with Crippen LogP contribution in [0, 0.1) is 0 Å². The molecule has 52 heavy (non-hydrogen) atoms. The van der Waals surface area contributed by atoms with Crippen LogP contribution in [0.4, 0.5) is 0 Å². The fourth-order valence-corrected chi connectivity index (χ4v) is 9.02. The maximum atomic E-state index is 5.38. The van der Waals surface area contributed by atoms with Gasteiger partial charge in [0.25, 0.3) is 0 Å². The Bertz CT molecular complexity index is 2650. The van der Waals surface area contributed by atoms with Crippen LogP contribution in [0.3, 0.4) is 0 Å². The number of rotatable bonds is 6. The second-order valence-corrected chi connectivity index (χ2v) is 14.3. The van der Waals surface area contributed by atoms with Crippen molar-refractivity contribution in [3.63, 3.8) is 0 Å². The Kier molecular flexibility index (Phi) is 7.22. The first kappa shape index (κ1) is 30.3. The minimum Gasteiger partial charge on any atom is -0.264 e. The molecular formula is C48H31N3S. The largest absolute Gasteiger partial charge is 0.264 e. The molecule has 0 saturated heterocycles. The molecule has 6 aromatic carbocycles. The second-order valence-electron chi connectivity index (χ2n) is 13.2. The highest BCUT2D eigenvalue weighted by Gasteiger charge is 2.46. The Morgan fingerprint density at radius 1 is 0.462 bits per heavy atom. The molecule has 0 atom stereocenters. The number of thiophene rings is 1. The number of nitrogens with zero attached hydrogens (tertiary/aromatic N) is 3. The van der Waals surface area contributed by atoms with E-state index in [2.05, 4.69) is 175 Å². The molecule has 0 radical (unpaired) electrons. The van der Waals surface area contributed by atoms with Crippen molar-refractivity contribution < 1.29 is 0 Å². The molecule has 4 heteroatoms. The van der Waals surface area contributed by atoms with Crippen LogP contribution in [-0.4, -0.2) is 15.0 Å². The van der Waals surface area contributed by atoms with E-state index >= 15 is 0 Å². The van der Waals surface area contributed by atoms with E-state index in [0.29, 0.717) is 5.82 Å². The van der Waals surface area contributed by atoms with Crippen molar-refractivity contribution >= 4 is 21.4 Å². The lowest BCUT2D eigenvalue weighted by Crippen LogP contribution is -2.28. The van der Waals surface area contributed by atoms with Crippen molar-refractivity contribution in [1.82, 2.24) is 15.0 Å². The lowest BCUT2D eigenvalue weighted by atomic mass is 9.67. The Morgan fingerprint density at radius 3 is 1.87 bits per heavy atom. The Labute approximate surface area is 306 Å². The molecule has 1 aliphatic carbocycles. The molecular weight excluding hydrogens is 651 g/mol. The first-order valence-electron chi connectivity index (χ1n) is 17.5. The zero-order valence-electron chi connectivity index (χ0n) is 28.1. The fourth-order valence-electron chi connectivity index (χ4n) is 8.00. The molecule has 10 rings (SSSR count). The summed E-state index contributed by atoms with van der Waals surface area (Å²) in [5.41, 5.74) is 13.0. The monoisotopic (exact) mass is 681 g/mol. The topological polar surface area (TPSA) is 38.7 Å². The molecule has 3 nitrogen and oxygen atoms in total. The Hall–Kier alpha value is -6.49. The zero-order chi connectivity index (χ0) is 34.5. The number of benzene rings is 6. The summed E-state index contributed by atoms with van der Waals surface area (Å²) in [6.45, 7) is 0. The van der Waals surface area contributed by atoms with Gasteiger partial charge in [-0.15, -0.1) is 11.3 Å². The van der Waals surface area contributed by atoms with Crippen molar-refractivity contribution in [3.05, 3.63) is 211 Å². The fraction of sp³-hybridized carbons (Fsp3) is 0.0208. The van der Waals surface area contributed by atoms with Crippen molar-refractivity contribution in [2.45, 2.75) is 5.41 Å². The molecule has 3 aromatic heterocycles. The quantitative estimate of drug-likeness (QED) is 0.175. The van der Waals surface area contributed by atoms with Gasteiger partial charge >= 0.3 is 0 Å². The molecule has 0 N–H and O–H groups in total. The van der Waals surface area contributed by atoms with Crippen molar-refractivity contribution in [2.24, 2.45) is 0 Å². The van der Waals surface area contributed by atoms with Gasteiger partial charge in [-0.05, 0) is 74.2 Å². The molecule has 0 spiro atoms. The number of fused-ring (bicyclic) bond motifs is 4. The summed E-state index contributed by atoms with van der Waals surface area (Å²) in [4.78, 5) is 16.1. The number of aromatic nitrogens is 3. The molecule has 0 amide bonds. The van der Waals surface area contributed by atoms with Gasteiger partial charge in [-0.3, -0.25) is 4.98 Å². The van der Waals surface area contributed by atoms with E-state index in [1.165, 1.54) is 43.5 Å². The van der Waals surface area contributed by atoms with Crippen LogP contribution in [0.5, 0.6) is 0 Å². The molecule has 0 unspecified atom stereocenters. The number of hydrogen-bond donors (Lipinski definition) is 0. The van der Waals surface area contributed by atoms with Gasteiger partial charge in [0, 0.05) is 28.2 Å². The predicted octanol–water partition coefficient (Wildman–Crippen LogP) is 12.1. The first-order valence-corrected chi connectivity index (χ1v) is 18.3. The van der Waals surface area contributed by atoms with Crippen LogP contribution in [0.25, 0.3) is 65.6 Å². The third kappa shape index (κ3) is 4.84. The maximum Gasteiger partial charge on any atom is 0.160 e. The lowest BCUT2D eigenvalue weighted by Gasteiger charge is -2.33. The molecule has 1 aliphatic rings. The van der Waals surface area contributed by atoms with E-state index < -0.39 is 5.41 Å². The average molecular weight is 682 g/mol. The normalized spacial score (nSPS) is 12.8. The van der Waals surface area contributed by atoms with Crippen LogP contribution in [0.2, 0.25) is 0 Å². The molecule has 9 aromatic rings. The molecule has 0 aliphatic heterocycles. The van der Waals surface area contributed by atoms with Crippen molar-refractivity contribution in [3.8, 4) is 55.5 Å². The van der Waals surface area contributed by atoms with E-state index in [-0.39, 0.29) is 0 Å². The highest BCUT2D eigenvalue weighted by Crippen LogP contribution is 2.58. The van der Waals surface area contributed by atoms with Crippen molar-refractivity contribution in [2.75, 3.05) is 0 Å². The standard InChI is InChI=1S/C48H31N3S/c1-3-15-36(16-4-1)48(37-17-5-2-6-18-37)40-21-9-8-19-38(40)46-39(20-11-22-41(46)48)42-30-43(45-29-34-13-7-10-23-44(34)52-45)51-47(50-42)33-26-24-32(25-27-33)35-14-12-28-49-31-35/h1-31H. The number of hydrogen-bond acceptors (Lipinski definition) is 4. The zero-order valence-corrected chi connectivity index (χ0v) is 29.0. The van der Waals surface area contributed by atoms with Gasteiger partial charge in [-0.1, -0.05) is 152 Å². The summed E-state index contributed by atoms with van der Waals surface area (Å²) in [5.74, 6) is 0.698. The predicted molar refractivity (Wildman–Crippen MR) is 214 cm³/mol. The molecule has 0 fully saturated rings. The third-order valence-corrected chi connectivity index (χ3v) is 11.4. The van der Waals surface area contributed by atoms with E-state index in [1.54, 1.807) is 17.5 Å². The van der Waals surface area contributed by atoms with Gasteiger partial charge in [-0.25, -0.2) is 9.97 Å². The van der Waals surface area contributed by atoms with E-state index in [0.717, 1.165) is 38.5 Å². The van der Waals surface area contributed by atoms with Crippen LogP contribution in [0.1, 0.15) is 22.3 Å². The van der Waals surface area contributed by atoms with Gasteiger partial charge in [0.2, 0.25) is 0 Å². The average Bonchev–Trinajstić information content (AvgIpc) is 3.80. The van der Waals surface area contributed by atoms with Crippen LogP contribution >= 0.6 is 11.3 Å². The summed E-state index contributed by atoms with van der Waals surface area (Å²) >= 11 is 1.77. The SMILES string of the molecule is c1ccc(C2(c3ccccc3)c3ccccc3-c3c(-c4cc(-c5cc6ccccc6s5)nc(-c5ccc(-c6cccnc6)cc5)n4)cccc32)cc1. The lowest BCUT2D eigenvalue weighted by molar-refractivity contribution is 0.768. The van der Waals surface area contributed by atoms with Gasteiger partial charge in [-0.2, -0.15) is 0 Å². The van der Waals surface area contributed by atoms with Gasteiger partial charge < -0.3 is 0 Å². The van der Waals surface area contributed by atoms with E-state index in [4.69, 9.17) is 9.97 Å². The van der Waals surface area contributed by atoms with Gasteiger partial charge in [0.15, 0.2) is 5.82 Å². The molecule has 3 heterocycles. The summed E-state index contributed by atoms with van der Waals surface area (Å²) in [7, 11) is 0. The second kappa shape index (κ2) is 12.4. The minimum absolute atomic E-state index is 0.489. The summed E-state index contributed by atoms with van der Waals surface area (Å²) in [6, 6.07) is 63.0. The summed E-state index contributed by atoms with van der Waals surface area (Å²) in [6.07, 6.45) is 3.69. The van der Waals surface area contributed by atoms with Gasteiger partial charge in [0.05, 0.1) is 21.7 Å². The van der Waals surface area contributed by atoms with Crippen LogP contribution < -0.4 is 0 Å². The molecule has 0 saturated carbocycles. The van der Waals surface area contributed by atoms with Crippen LogP contribution in [-0.2, 0) is 5.41 Å². The van der Waals surface area contributed by atoms with E-state index in [9.17, 15) is 0 Å². The Morgan fingerprint density at radius 2 is 1.12 bits per heavy atom. The maximum absolute atomic E-state index is 5.38.